The zero-order valence-corrected chi connectivity index (χ0v) is 9.93. The molecule has 15 heavy (non-hydrogen) atoms. The van der Waals surface area contributed by atoms with Gasteiger partial charge in [-0.05, 0) is 12.8 Å². The molecule has 0 radical (unpaired) electrons. The highest BCUT2D eigenvalue weighted by Gasteiger charge is 2.24. The van der Waals surface area contributed by atoms with E-state index < -0.39 is 0 Å². The molecule has 0 bridgehead atoms. The summed E-state index contributed by atoms with van der Waals surface area (Å²) in [5.41, 5.74) is 3.02. The van der Waals surface area contributed by atoms with Crippen LogP contribution in [0.4, 0.5) is 0 Å². The van der Waals surface area contributed by atoms with Crippen molar-refractivity contribution in [3.05, 3.63) is 16.6 Å². The summed E-state index contributed by atoms with van der Waals surface area (Å²) in [6.45, 7) is 0.869. The third-order valence-corrected chi connectivity index (χ3v) is 3.67. The first-order valence-electron chi connectivity index (χ1n) is 5.53. The molecular formula is C11H18N2OS. The van der Waals surface area contributed by atoms with Gasteiger partial charge in [0.05, 0.1) is 17.3 Å². The Kier molecular flexibility index (Phi) is 4.11. The Balaban J connectivity index is 1.81. The van der Waals surface area contributed by atoms with Crippen LogP contribution in [0.2, 0.25) is 0 Å². The minimum absolute atomic E-state index is 0.386. The van der Waals surface area contributed by atoms with E-state index in [0.29, 0.717) is 12.1 Å². The second kappa shape index (κ2) is 5.58. The maximum Gasteiger partial charge on any atom is 0.0795 e. The van der Waals surface area contributed by atoms with Crippen LogP contribution in [0.15, 0.2) is 10.9 Å². The molecule has 2 rings (SSSR count). The van der Waals surface area contributed by atoms with Crippen LogP contribution in [0.25, 0.3) is 0 Å². The van der Waals surface area contributed by atoms with Gasteiger partial charge in [0, 0.05) is 25.1 Å². The molecule has 0 aromatic carbocycles. The van der Waals surface area contributed by atoms with Crippen molar-refractivity contribution in [1.82, 2.24) is 10.3 Å². The molecule has 0 amide bonds. The molecule has 1 aromatic rings. The molecule has 0 spiro atoms. The summed E-state index contributed by atoms with van der Waals surface area (Å²) >= 11 is 1.65. The predicted octanol–water partition coefficient (Wildman–Crippen LogP) is 2.19. The summed E-state index contributed by atoms with van der Waals surface area (Å²) in [6.07, 6.45) is 5.41. The summed E-state index contributed by atoms with van der Waals surface area (Å²) in [6, 6.07) is 0.505. The third kappa shape index (κ3) is 3.00. The van der Waals surface area contributed by atoms with E-state index >= 15 is 0 Å². The molecule has 0 saturated heterocycles. The Hall–Kier alpha value is -0.450. The maximum atomic E-state index is 5.49. The lowest BCUT2D eigenvalue weighted by atomic mass is 9.92. The van der Waals surface area contributed by atoms with Crippen molar-refractivity contribution in [3.8, 4) is 0 Å². The fourth-order valence-electron chi connectivity index (χ4n) is 2.17. The SMILES string of the molecule is COC1CCCCC1NCc1cscn1. The van der Waals surface area contributed by atoms with E-state index in [-0.39, 0.29) is 0 Å². The Bertz CT molecular complexity index is 276. The lowest BCUT2D eigenvalue weighted by Crippen LogP contribution is -2.42. The van der Waals surface area contributed by atoms with Gasteiger partial charge in [-0.25, -0.2) is 4.98 Å². The molecule has 2 unspecified atom stereocenters. The van der Waals surface area contributed by atoms with E-state index in [4.69, 9.17) is 4.74 Å². The number of aromatic nitrogens is 1. The molecule has 1 aliphatic rings. The molecule has 3 nitrogen and oxygen atoms in total. The van der Waals surface area contributed by atoms with Crippen molar-refractivity contribution < 1.29 is 4.74 Å². The van der Waals surface area contributed by atoms with Gasteiger partial charge in [-0.1, -0.05) is 12.8 Å². The first-order chi connectivity index (χ1) is 7.40. The minimum Gasteiger partial charge on any atom is -0.380 e. The zero-order valence-electron chi connectivity index (χ0n) is 9.11. The highest BCUT2D eigenvalue weighted by Crippen LogP contribution is 2.21. The highest BCUT2D eigenvalue weighted by molar-refractivity contribution is 7.07. The molecule has 84 valence electrons. The first kappa shape index (κ1) is 11.0. The van der Waals surface area contributed by atoms with Gasteiger partial charge in [-0.2, -0.15) is 0 Å². The van der Waals surface area contributed by atoms with Crippen molar-refractivity contribution in [2.24, 2.45) is 0 Å². The second-order valence-corrected chi connectivity index (χ2v) is 4.74. The average molecular weight is 226 g/mol. The van der Waals surface area contributed by atoms with Crippen LogP contribution in [-0.4, -0.2) is 24.2 Å². The van der Waals surface area contributed by atoms with Gasteiger partial charge in [0.25, 0.3) is 0 Å². The molecule has 1 saturated carbocycles. The normalized spacial score (nSPS) is 26.7. The monoisotopic (exact) mass is 226 g/mol. The zero-order chi connectivity index (χ0) is 10.5. The van der Waals surface area contributed by atoms with Crippen molar-refractivity contribution in [2.45, 2.75) is 44.4 Å². The molecule has 4 heteroatoms. The summed E-state index contributed by atoms with van der Waals surface area (Å²) in [7, 11) is 1.81. The fraction of sp³-hybridized carbons (Fsp3) is 0.727. The van der Waals surface area contributed by atoms with Gasteiger partial charge < -0.3 is 10.1 Å². The average Bonchev–Trinajstić information content (AvgIpc) is 2.79. The van der Waals surface area contributed by atoms with Gasteiger partial charge in [0.1, 0.15) is 0 Å². The van der Waals surface area contributed by atoms with Crippen LogP contribution in [0.1, 0.15) is 31.4 Å². The van der Waals surface area contributed by atoms with Crippen LogP contribution in [0.5, 0.6) is 0 Å². The van der Waals surface area contributed by atoms with E-state index in [2.05, 4.69) is 15.7 Å². The van der Waals surface area contributed by atoms with Gasteiger partial charge in [0.2, 0.25) is 0 Å². The van der Waals surface area contributed by atoms with E-state index in [1.54, 1.807) is 11.3 Å². The predicted molar refractivity (Wildman–Crippen MR) is 62.0 cm³/mol. The van der Waals surface area contributed by atoms with Crippen molar-refractivity contribution in [3.63, 3.8) is 0 Å². The van der Waals surface area contributed by atoms with Gasteiger partial charge in [-0.15, -0.1) is 11.3 Å². The quantitative estimate of drug-likeness (QED) is 0.854. The number of hydrogen-bond donors (Lipinski definition) is 1. The second-order valence-electron chi connectivity index (χ2n) is 4.03. The molecule has 2 atom stereocenters. The van der Waals surface area contributed by atoms with Crippen LogP contribution in [-0.2, 0) is 11.3 Å². The lowest BCUT2D eigenvalue weighted by Gasteiger charge is -2.31. The molecule has 1 aliphatic carbocycles. The van der Waals surface area contributed by atoms with Crippen LogP contribution in [0, 0.1) is 0 Å². The van der Waals surface area contributed by atoms with E-state index in [1.807, 2.05) is 12.6 Å². The summed E-state index contributed by atoms with van der Waals surface area (Å²) in [5.74, 6) is 0. The maximum absolute atomic E-state index is 5.49. The van der Waals surface area contributed by atoms with Crippen molar-refractivity contribution in [1.29, 1.82) is 0 Å². The lowest BCUT2D eigenvalue weighted by molar-refractivity contribution is 0.0412. The minimum atomic E-state index is 0.386. The first-order valence-corrected chi connectivity index (χ1v) is 6.47. The molecule has 1 heterocycles. The number of ether oxygens (including phenoxy) is 1. The summed E-state index contributed by atoms with van der Waals surface area (Å²) in [4.78, 5) is 4.27. The Labute approximate surface area is 94.9 Å². The van der Waals surface area contributed by atoms with E-state index in [1.165, 1.54) is 25.7 Å². The van der Waals surface area contributed by atoms with Crippen molar-refractivity contribution in [2.75, 3.05) is 7.11 Å². The Morgan fingerprint density at radius 3 is 3.13 bits per heavy atom. The molecule has 1 N–H and O–H groups in total. The number of nitrogens with zero attached hydrogens (tertiary/aromatic N) is 1. The number of hydrogen-bond acceptors (Lipinski definition) is 4. The van der Waals surface area contributed by atoms with Crippen LogP contribution >= 0.6 is 11.3 Å². The largest absolute Gasteiger partial charge is 0.380 e. The highest BCUT2D eigenvalue weighted by atomic mass is 32.1. The standard InChI is InChI=1S/C11H18N2OS/c1-14-11-5-3-2-4-10(11)12-6-9-7-15-8-13-9/h7-8,10-12H,2-6H2,1H3. The summed E-state index contributed by atoms with van der Waals surface area (Å²) < 4.78 is 5.49. The van der Waals surface area contributed by atoms with Gasteiger partial charge in [-0.3, -0.25) is 0 Å². The molecule has 1 fully saturated rings. The van der Waals surface area contributed by atoms with Gasteiger partial charge in [0.15, 0.2) is 0 Å². The van der Waals surface area contributed by atoms with Gasteiger partial charge >= 0.3 is 0 Å². The molecule has 1 aromatic heterocycles. The van der Waals surface area contributed by atoms with Crippen LogP contribution < -0.4 is 5.32 Å². The Morgan fingerprint density at radius 1 is 1.53 bits per heavy atom. The van der Waals surface area contributed by atoms with E-state index in [9.17, 15) is 0 Å². The fourth-order valence-corrected chi connectivity index (χ4v) is 2.73. The number of thiazole rings is 1. The van der Waals surface area contributed by atoms with Crippen LogP contribution in [0.3, 0.4) is 0 Å². The Morgan fingerprint density at radius 2 is 2.40 bits per heavy atom. The van der Waals surface area contributed by atoms with Crippen molar-refractivity contribution >= 4 is 11.3 Å². The molecular weight excluding hydrogens is 208 g/mol. The molecule has 0 aliphatic heterocycles. The van der Waals surface area contributed by atoms with E-state index in [0.717, 1.165) is 12.2 Å². The number of nitrogens with one attached hydrogen (secondary N) is 1. The topological polar surface area (TPSA) is 34.1 Å². The smallest absolute Gasteiger partial charge is 0.0795 e. The third-order valence-electron chi connectivity index (χ3n) is 3.03. The number of rotatable bonds is 4. The number of methoxy groups -OCH3 is 1. The summed E-state index contributed by atoms with van der Waals surface area (Å²) in [5, 5.41) is 5.64.